The van der Waals surface area contributed by atoms with E-state index in [0.717, 1.165) is 23.9 Å². The minimum absolute atomic E-state index is 0.465. The minimum atomic E-state index is 0.465. The Morgan fingerprint density at radius 1 is 1.16 bits per heavy atom. The lowest BCUT2D eigenvalue weighted by Gasteiger charge is -2.37. The van der Waals surface area contributed by atoms with E-state index in [1.165, 1.54) is 31.2 Å². The molecule has 1 aliphatic rings. The van der Waals surface area contributed by atoms with Gasteiger partial charge in [0.25, 0.3) is 0 Å². The van der Waals surface area contributed by atoms with Crippen molar-refractivity contribution < 1.29 is 4.52 Å². The molecule has 2 rings (SSSR count). The molecule has 1 saturated carbocycles. The van der Waals surface area contributed by atoms with E-state index in [-0.39, 0.29) is 0 Å². The number of aryl methyl sites for hydroxylation is 2. The molecule has 1 heterocycles. The summed E-state index contributed by atoms with van der Waals surface area (Å²) in [6.07, 6.45) is 5.29. The molecule has 0 saturated heterocycles. The van der Waals surface area contributed by atoms with Crippen LogP contribution in [0.1, 0.15) is 63.5 Å². The van der Waals surface area contributed by atoms with Crippen LogP contribution >= 0.6 is 0 Å². The lowest BCUT2D eigenvalue weighted by molar-refractivity contribution is 0.160. The number of aromatic nitrogens is 1. The topological polar surface area (TPSA) is 38.1 Å². The molecule has 1 N–H and O–H groups in total. The lowest BCUT2D eigenvalue weighted by atomic mass is 9.71. The maximum absolute atomic E-state index is 5.21. The van der Waals surface area contributed by atoms with Crippen LogP contribution in [-0.4, -0.2) is 11.2 Å². The van der Waals surface area contributed by atoms with Crippen LogP contribution in [0.15, 0.2) is 4.52 Å². The average molecular weight is 264 g/mol. The first-order valence-electron chi connectivity index (χ1n) is 7.53. The molecule has 1 aromatic heterocycles. The zero-order valence-electron chi connectivity index (χ0n) is 13.0. The normalized spacial score (nSPS) is 24.7. The third kappa shape index (κ3) is 3.59. The van der Waals surface area contributed by atoms with Gasteiger partial charge < -0.3 is 9.84 Å². The third-order valence-corrected chi connectivity index (χ3v) is 4.70. The molecular weight excluding hydrogens is 236 g/mol. The van der Waals surface area contributed by atoms with Gasteiger partial charge in [0.15, 0.2) is 0 Å². The molecule has 3 heteroatoms. The molecule has 1 aliphatic carbocycles. The maximum Gasteiger partial charge on any atom is 0.138 e. The highest BCUT2D eigenvalue weighted by molar-refractivity contribution is 5.20. The first-order chi connectivity index (χ1) is 8.88. The summed E-state index contributed by atoms with van der Waals surface area (Å²) in [7, 11) is 0. The fraction of sp³-hybridized carbons (Fsp3) is 0.812. The molecule has 108 valence electrons. The molecule has 0 aromatic carbocycles. The maximum atomic E-state index is 5.21. The van der Waals surface area contributed by atoms with E-state index in [0.29, 0.717) is 11.5 Å². The van der Waals surface area contributed by atoms with Crippen LogP contribution in [0.4, 0.5) is 0 Å². The van der Waals surface area contributed by atoms with Gasteiger partial charge >= 0.3 is 0 Å². The van der Waals surface area contributed by atoms with Crippen molar-refractivity contribution in [2.45, 2.75) is 72.9 Å². The zero-order valence-corrected chi connectivity index (χ0v) is 13.0. The van der Waals surface area contributed by atoms with Gasteiger partial charge in [-0.2, -0.15) is 0 Å². The largest absolute Gasteiger partial charge is 0.361 e. The first kappa shape index (κ1) is 14.6. The summed E-state index contributed by atoms with van der Waals surface area (Å²) in [4.78, 5) is 0. The summed E-state index contributed by atoms with van der Waals surface area (Å²) in [5.74, 6) is 1.83. The van der Waals surface area contributed by atoms with Gasteiger partial charge in [-0.3, -0.25) is 0 Å². The number of hydrogen-bond donors (Lipinski definition) is 1. The Morgan fingerprint density at radius 3 is 2.26 bits per heavy atom. The highest BCUT2D eigenvalue weighted by Gasteiger charge is 2.29. The molecule has 0 atom stereocenters. The van der Waals surface area contributed by atoms with Crippen LogP contribution in [0.25, 0.3) is 0 Å². The molecule has 1 fully saturated rings. The molecule has 3 nitrogen and oxygen atoms in total. The molecule has 0 radical (unpaired) electrons. The predicted octanol–water partition coefficient (Wildman–Crippen LogP) is 3.99. The van der Waals surface area contributed by atoms with Crippen molar-refractivity contribution in [3.05, 3.63) is 17.0 Å². The van der Waals surface area contributed by atoms with Crippen molar-refractivity contribution in [1.29, 1.82) is 0 Å². The molecule has 0 spiro atoms. The Balaban J connectivity index is 1.81. The highest BCUT2D eigenvalue weighted by atomic mass is 16.5. The van der Waals surface area contributed by atoms with Crippen molar-refractivity contribution in [2.75, 3.05) is 0 Å². The van der Waals surface area contributed by atoms with Crippen molar-refractivity contribution in [3.8, 4) is 0 Å². The van der Waals surface area contributed by atoms with Crippen LogP contribution in [0, 0.1) is 25.2 Å². The van der Waals surface area contributed by atoms with Crippen molar-refractivity contribution >= 4 is 0 Å². The first-order valence-corrected chi connectivity index (χ1v) is 7.53. The van der Waals surface area contributed by atoms with Gasteiger partial charge in [-0.05, 0) is 50.9 Å². The highest BCUT2D eigenvalue weighted by Crippen LogP contribution is 2.37. The Bertz CT molecular complexity index is 389. The van der Waals surface area contributed by atoms with Gasteiger partial charge in [0.1, 0.15) is 5.76 Å². The van der Waals surface area contributed by atoms with Gasteiger partial charge in [-0.15, -0.1) is 0 Å². The molecule has 0 amide bonds. The summed E-state index contributed by atoms with van der Waals surface area (Å²) in [5.41, 5.74) is 2.72. The van der Waals surface area contributed by atoms with Crippen LogP contribution in [0.5, 0.6) is 0 Å². The summed E-state index contributed by atoms with van der Waals surface area (Å²) in [5, 5.41) is 7.69. The van der Waals surface area contributed by atoms with Gasteiger partial charge in [0.05, 0.1) is 5.69 Å². The molecule has 0 unspecified atom stereocenters. The Labute approximate surface area is 117 Å². The van der Waals surface area contributed by atoms with Crippen LogP contribution < -0.4 is 5.32 Å². The number of rotatable bonds is 3. The minimum Gasteiger partial charge on any atom is -0.361 e. The number of hydrogen-bond acceptors (Lipinski definition) is 3. The molecular formula is C16H28N2O. The number of nitrogens with zero attached hydrogens (tertiary/aromatic N) is 1. The standard InChI is InChI=1S/C16H28N2O/c1-11-15(12(2)19-18-11)10-17-14-8-6-13(7-9-14)16(3,4)5/h13-14,17H,6-10H2,1-5H3. The fourth-order valence-electron chi connectivity index (χ4n) is 3.16. The van der Waals surface area contributed by atoms with Gasteiger partial charge in [-0.1, -0.05) is 25.9 Å². The number of nitrogens with one attached hydrogen (secondary N) is 1. The third-order valence-electron chi connectivity index (χ3n) is 4.70. The zero-order chi connectivity index (χ0) is 14.0. The van der Waals surface area contributed by atoms with Crippen molar-refractivity contribution in [1.82, 2.24) is 10.5 Å². The molecule has 1 aromatic rings. The quantitative estimate of drug-likeness (QED) is 0.897. The Morgan fingerprint density at radius 2 is 1.79 bits per heavy atom. The smallest absolute Gasteiger partial charge is 0.138 e. The lowest BCUT2D eigenvalue weighted by Crippen LogP contribution is -2.36. The summed E-state index contributed by atoms with van der Waals surface area (Å²) in [6, 6.07) is 0.660. The van der Waals surface area contributed by atoms with Crippen LogP contribution in [0.2, 0.25) is 0 Å². The van der Waals surface area contributed by atoms with E-state index in [2.05, 4.69) is 31.2 Å². The van der Waals surface area contributed by atoms with E-state index < -0.39 is 0 Å². The van der Waals surface area contributed by atoms with E-state index in [4.69, 9.17) is 4.52 Å². The second-order valence-electron chi connectivity index (χ2n) is 7.10. The van der Waals surface area contributed by atoms with Crippen LogP contribution in [-0.2, 0) is 6.54 Å². The van der Waals surface area contributed by atoms with Gasteiger partial charge in [-0.25, -0.2) is 0 Å². The summed E-state index contributed by atoms with van der Waals surface area (Å²) < 4.78 is 5.21. The average Bonchev–Trinajstić information content (AvgIpc) is 2.66. The van der Waals surface area contributed by atoms with E-state index >= 15 is 0 Å². The van der Waals surface area contributed by atoms with Gasteiger partial charge in [0, 0.05) is 18.2 Å². The van der Waals surface area contributed by atoms with Crippen molar-refractivity contribution in [3.63, 3.8) is 0 Å². The second kappa shape index (κ2) is 5.66. The van der Waals surface area contributed by atoms with Crippen LogP contribution in [0.3, 0.4) is 0 Å². The fourth-order valence-corrected chi connectivity index (χ4v) is 3.16. The molecule has 0 aliphatic heterocycles. The van der Waals surface area contributed by atoms with Gasteiger partial charge in [0.2, 0.25) is 0 Å². The van der Waals surface area contributed by atoms with E-state index in [1.54, 1.807) is 0 Å². The van der Waals surface area contributed by atoms with E-state index in [1.807, 2.05) is 13.8 Å². The predicted molar refractivity (Wildman–Crippen MR) is 78.0 cm³/mol. The Hall–Kier alpha value is -0.830. The molecule has 19 heavy (non-hydrogen) atoms. The summed E-state index contributed by atoms with van der Waals surface area (Å²) >= 11 is 0. The van der Waals surface area contributed by atoms with E-state index in [9.17, 15) is 0 Å². The second-order valence-corrected chi connectivity index (χ2v) is 7.10. The summed E-state index contributed by atoms with van der Waals surface area (Å²) in [6.45, 7) is 12.0. The van der Waals surface area contributed by atoms with Crippen molar-refractivity contribution in [2.24, 2.45) is 11.3 Å². The Kier molecular flexibility index (Phi) is 4.34. The molecule has 0 bridgehead atoms. The SMILES string of the molecule is Cc1noc(C)c1CNC1CCC(C(C)(C)C)CC1. The monoisotopic (exact) mass is 264 g/mol.